The Hall–Kier alpha value is -1.46. The maximum atomic E-state index is 9.34. The maximum Gasteiger partial charge on any atom is 0.559 e. The SMILES string of the molecule is [CH]=C([N+](=O)[O-])[N+](=O)[O-]. The third-order valence-corrected chi connectivity index (χ3v) is 0.374. The van der Waals surface area contributed by atoms with Gasteiger partial charge in [0.2, 0.25) is 0 Å². The monoisotopic (exact) mass is 117 g/mol. The zero-order chi connectivity index (χ0) is 6.73. The lowest BCUT2D eigenvalue weighted by atomic mass is 10.9. The lowest BCUT2D eigenvalue weighted by Gasteiger charge is -1.79. The third kappa shape index (κ3) is 1.33. The van der Waals surface area contributed by atoms with Gasteiger partial charge >= 0.3 is 5.82 Å². The van der Waals surface area contributed by atoms with Crippen LogP contribution >= 0.6 is 0 Å². The van der Waals surface area contributed by atoms with Gasteiger partial charge < -0.3 is 0 Å². The second-order valence-electron chi connectivity index (χ2n) is 0.872. The van der Waals surface area contributed by atoms with Gasteiger partial charge in [0.05, 0.1) is 0 Å². The van der Waals surface area contributed by atoms with E-state index in [-0.39, 0.29) is 0 Å². The van der Waals surface area contributed by atoms with Crippen molar-refractivity contribution < 1.29 is 9.85 Å². The van der Waals surface area contributed by atoms with Gasteiger partial charge in [-0.05, 0) is 0 Å². The van der Waals surface area contributed by atoms with Gasteiger partial charge in [0, 0.05) is 0 Å². The van der Waals surface area contributed by atoms with E-state index in [1.165, 1.54) is 0 Å². The summed E-state index contributed by atoms with van der Waals surface area (Å²) in [5, 5.41) is 18.7. The molecule has 0 spiro atoms. The van der Waals surface area contributed by atoms with Crippen LogP contribution in [0.1, 0.15) is 0 Å². The molecule has 0 aromatic carbocycles. The normalized spacial score (nSPS) is 8.00. The van der Waals surface area contributed by atoms with Crippen molar-refractivity contribution in [2.75, 3.05) is 0 Å². The zero-order valence-corrected chi connectivity index (χ0v) is 3.60. The summed E-state index contributed by atoms with van der Waals surface area (Å²) in [5.74, 6) is -1.45. The van der Waals surface area contributed by atoms with Crippen molar-refractivity contribution in [2.24, 2.45) is 0 Å². The van der Waals surface area contributed by atoms with E-state index < -0.39 is 15.7 Å². The van der Waals surface area contributed by atoms with Crippen LogP contribution in [0.3, 0.4) is 0 Å². The van der Waals surface area contributed by atoms with Gasteiger partial charge in [-0.25, -0.2) is 0 Å². The Bertz CT molecular complexity index is 134. The summed E-state index contributed by atoms with van der Waals surface area (Å²) in [7, 11) is 0. The highest BCUT2D eigenvalue weighted by molar-refractivity contribution is 4.56. The van der Waals surface area contributed by atoms with Crippen LogP contribution < -0.4 is 0 Å². The molecular formula is C2HN2O4. The second kappa shape index (κ2) is 2.01. The standard InChI is InChI=1S/C2HN2O4/c1-2(3(5)6)4(7)8/h1H. The van der Waals surface area contributed by atoms with Gasteiger partial charge in [-0.15, -0.1) is 0 Å². The third-order valence-electron chi connectivity index (χ3n) is 0.374. The van der Waals surface area contributed by atoms with Gasteiger partial charge in [0.25, 0.3) is 0 Å². The first kappa shape index (κ1) is 6.54. The lowest BCUT2D eigenvalue weighted by molar-refractivity contribution is -0.615. The fourth-order valence-corrected chi connectivity index (χ4v) is 0.0667. The topological polar surface area (TPSA) is 86.3 Å². The fraction of sp³-hybridized carbons (Fsp3) is 0. The molecule has 6 heteroatoms. The van der Waals surface area contributed by atoms with E-state index >= 15 is 0 Å². The van der Waals surface area contributed by atoms with Crippen molar-refractivity contribution in [2.45, 2.75) is 0 Å². The van der Waals surface area contributed by atoms with Gasteiger partial charge in [0.15, 0.2) is 0 Å². The van der Waals surface area contributed by atoms with Gasteiger partial charge in [0.1, 0.15) is 16.4 Å². The van der Waals surface area contributed by atoms with Crippen LogP contribution in [0.25, 0.3) is 0 Å². The quantitative estimate of drug-likeness (QED) is 0.370. The second-order valence-corrected chi connectivity index (χ2v) is 0.872. The molecule has 0 N–H and O–H groups in total. The smallest absolute Gasteiger partial charge is 0.253 e. The fourth-order valence-electron chi connectivity index (χ4n) is 0.0667. The largest absolute Gasteiger partial charge is 0.559 e. The molecule has 1 radical (unpaired) electrons. The molecule has 0 amide bonds. The molecule has 0 unspecified atom stereocenters. The summed E-state index contributed by atoms with van der Waals surface area (Å²) in [5.41, 5.74) is 0. The minimum atomic E-state index is -1.45. The summed E-state index contributed by atoms with van der Waals surface area (Å²) >= 11 is 0. The highest BCUT2D eigenvalue weighted by Gasteiger charge is 2.19. The first-order chi connectivity index (χ1) is 3.55. The summed E-state index contributed by atoms with van der Waals surface area (Å²) in [6.45, 7) is 4.28. The highest BCUT2D eigenvalue weighted by atomic mass is 16.7. The highest BCUT2D eigenvalue weighted by Crippen LogP contribution is 1.87. The summed E-state index contributed by atoms with van der Waals surface area (Å²) in [4.78, 5) is 16.2. The van der Waals surface area contributed by atoms with Gasteiger partial charge in [-0.2, -0.15) is 0 Å². The lowest BCUT2D eigenvalue weighted by Crippen LogP contribution is -2.06. The number of hydrogen-bond donors (Lipinski definition) is 0. The Morgan fingerprint density at radius 2 is 1.50 bits per heavy atom. The molecule has 0 heterocycles. The van der Waals surface area contributed by atoms with Crippen LogP contribution in [0.4, 0.5) is 0 Å². The summed E-state index contributed by atoms with van der Waals surface area (Å²) in [6.07, 6.45) is 0. The molecule has 0 aliphatic carbocycles. The van der Waals surface area contributed by atoms with Crippen molar-refractivity contribution in [3.63, 3.8) is 0 Å². The van der Waals surface area contributed by atoms with Crippen LogP contribution in [-0.4, -0.2) is 9.85 Å². The zero-order valence-electron chi connectivity index (χ0n) is 3.60. The Morgan fingerprint density at radius 3 is 1.50 bits per heavy atom. The molecule has 0 aliphatic heterocycles. The number of nitro groups is 2. The van der Waals surface area contributed by atoms with E-state index in [9.17, 15) is 20.2 Å². The summed E-state index contributed by atoms with van der Waals surface area (Å²) < 4.78 is 0. The molecule has 0 fully saturated rings. The van der Waals surface area contributed by atoms with Crippen molar-refractivity contribution in [1.82, 2.24) is 0 Å². The molecule has 43 valence electrons. The molecule has 0 aromatic rings. The minimum Gasteiger partial charge on any atom is -0.253 e. The van der Waals surface area contributed by atoms with E-state index in [1.54, 1.807) is 0 Å². The number of rotatable bonds is 2. The number of nitrogens with zero attached hydrogens (tertiary/aromatic N) is 2. The van der Waals surface area contributed by atoms with Crippen LogP contribution in [0.5, 0.6) is 0 Å². The molecule has 0 aromatic heterocycles. The average molecular weight is 117 g/mol. The molecule has 0 saturated heterocycles. The van der Waals surface area contributed by atoms with Crippen LogP contribution in [0.2, 0.25) is 0 Å². The predicted molar refractivity (Wildman–Crippen MR) is 21.8 cm³/mol. The molecule has 0 saturated carbocycles. The Morgan fingerprint density at radius 1 is 1.25 bits per heavy atom. The van der Waals surface area contributed by atoms with E-state index in [0.717, 1.165) is 0 Å². The molecule has 0 atom stereocenters. The van der Waals surface area contributed by atoms with Crippen LogP contribution in [0.15, 0.2) is 5.82 Å². The van der Waals surface area contributed by atoms with Crippen LogP contribution in [0, 0.1) is 26.8 Å². The van der Waals surface area contributed by atoms with Crippen molar-refractivity contribution in [3.05, 3.63) is 32.6 Å². The molecule has 0 bridgehead atoms. The van der Waals surface area contributed by atoms with Crippen molar-refractivity contribution >= 4 is 0 Å². The number of hydrogen-bond acceptors (Lipinski definition) is 4. The average Bonchev–Trinajstić information content (AvgIpc) is 1.64. The molecule has 6 nitrogen and oxygen atoms in total. The van der Waals surface area contributed by atoms with E-state index in [1.807, 2.05) is 0 Å². The van der Waals surface area contributed by atoms with Gasteiger partial charge in [-0.1, -0.05) is 0 Å². The molecule has 8 heavy (non-hydrogen) atoms. The Kier molecular flexibility index (Phi) is 1.64. The Labute approximate surface area is 43.7 Å². The summed E-state index contributed by atoms with van der Waals surface area (Å²) in [6, 6.07) is 0. The van der Waals surface area contributed by atoms with E-state index in [0.29, 0.717) is 0 Å². The van der Waals surface area contributed by atoms with Gasteiger partial charge in [-0.3, -0.25) is 20.2 Å². The van der Waals surface area contributed by atoms with Crippen molar-refractivity contribution in [3.8, 4) is 0 Å². The van der Waals surface area contributed by atoms with Crippen LogP contribution in [-0.2, 0) is 0 Å². The Balaban J connectivity index is 4.05. The van der Waals surface area contributed by atoms with Crippen molar-refractivity contribution in [1.29, 1.82) is 0 Å². The predicted octanol–water partition coefficient (Wildman–Crippen LogP) is -0.186. The molecule has 0 aliphatic rings. The first-order valence-corrected chi connectivity index (χ1v) is 1.47. The van der Waals surface area contributed by atoms with E-state index in [4.69, 9.17) is 0 Å². The van der Waals surface area contributed by atoms with E-state index in [2.05, 4.69) is 6.58 Å². The first-order valence-electron chi connectivity index (χ1n) is 1.47. The molecule has 0 rings (SSSR count). The maximum absolute atomic E-state index is 9.34. The minimum absolute atomic E-state index is 1.26. The molecular weight excluding hydrogens is 116 g/mol.